The van der Waals surface area contributed by atoms with Gasteiger partial charge in [0.05, 0.1) is 11.7 Å². The van der Waals surface area contributed by atoms with Crippen LogP contribution in [-0.2, 0) is 6.42 Å². The monoisotopic (exact) mass is 260 g/mol. The van der Waals surface area contributed by atoms with Gasteiger partial charge in [-0.05, 0) is 24.8 Å². The van der Waals surface area contributed by atoms with Gasteiger partial charge in [0.2, 0.25) is 0 Å². The molecule has 0 amide bonds. The van der Waals surface area contributed by atoms with Crippen molar-refractivity contribution in [3.8, 4) is 11.3 Å². The van der Waals surface area contributed by atoms with Crippen molar-refractivity contribution in [2.45, 2.75) is 33.2 Å². The minimum absolute atomic E-state index is 0.0176. The lowest BCUT2D eigenvalue weighted by Gasteiger charge is -2.05. The Hall–Kier alpha value is -1.19. The van der Waals surface area contributed by atoms with Gasteiger partial charge in [-0.2, -0.15) is 0 Å². The van der Waals surface area contributed by atoms with Gasteiger partial charge in [0.1, 0.15) is 5.01 Å². The van der Waals surface area contributed by atoms with Crippen LogP contribution in [0.2, 0.25) is 0 Å². The Morgan fingerprint density at radius 2 is 1.83 bits per heavy atom. The van der Waals surface area contributed by atoms with E-state index in [4.69, 9.17) is 5.73 Å². The second-order valence-electron chi connectivity index (χ2n) is 5.15. The molecule has 0 radical (unpaired) electrons. The van der Waals surface area contributed by atoms with E-state index < -0.39 is 0 Å². The molecule has 0 saturated heterocycles. The van der Waals surface area contributed by atoms with Crippen LogP contribution >= 0.6 is 11.3 Å². The van der Waals surface area contributed by atoms with Crippen molar-refractivity contribution in [3.63, 3.8) is 0 Å². The maximum absolute atomic E-state index is 5.83. The summed E-state index contributed by atoms with van der Waals surface area (Å²) in [6.07, 6.45) is 1.13. The number of nitrogens with zero attached hydrogens (tertiary/aromatic N) is 1. The highest BCUT2D eigenvalue weighted by Gasteiger charge is 2.07. The lowest BCUT2D eigenvalue weighted by atomic mass is 10.0. The summed E-state index contributed by atoms with van der Waals surface area (Å²) in [6, 6.07) is 8.71. The summed E-state index contributed by atoms with van der Waals surface area (Å²) < 4.78 is 0. The van der Waals surface area contributed by atoms with Crippen LogP contribution in [0.3, 0.4) is 0 Å². The van der Waals surface area contributed by atoms with Gasteiger partial charge in [0, 0.05) is 10.9 Å². The van der Waals surface area contributed by atoms with Gasteiger partial charge >= 0.3 is 0 Å². The van der Waals surface area contributed by atoms with E-state index in [2.05, 4.69) is 48.5 Å². The minimum atomic E-state index is 0.0176. The number of thiazole rings is 1. The van der Waals surface area contributed by atoms with E-state index in [1.165, 1.54) is 11.1 Å². The van der Waals surface area contributed by atoms with Crippen molar-refractivity contribution >= 4 is 11.3 Å². The third-order valence-electron chi connectivity index (χ3n) is 2.81. The Kier molecular flexibility index (Phi) is 4.15. The first-order valence-electron chi connectivity index (χ1n) is 6.36. The quantitative estimate of drug-likeness (QED) is 0.901. The fraction of sp³-hybridized carbons (Fsp3) is 0.400. The molecule has 3 heteroatoms. The lowest BCUT2D eigenvalue weighted by molar-refractivity contribution is 0.647. The average molecular weight is 260 g/mol. The van der Waals surface area contributed by atoms with E-state index >= 15 is 0 Å². The summed E-state index contributed by atoms with van der Waals surface area (Å²) in [5.41, 5.74) is 9.42. The Labute approximate surface area is 113 Å². The van der Waals surface area contributed by atoms with Crippen molar-refractivity contribution in [2.75, 3.05) is 0 Å². The van der Waals surface area contributed by atoms with Gasteiger partial charge in [-0.1, -0.05) is 38.1 Å². The highest BCUT2D eigenvalue weighted by molar-refractivity contribution is 7.10. The molecule has 0 saturated carbocycles. The number of hydrogen-bond donors (Lipinski definition) is 1. The maximum Gasteiger partial charge on any atom is 0.110 e. The maximum atomic E-state index is 5.83. The van der Waals surface area contributed by atoms with Crippen molar-refractivity contribution in [2.24, 2.45) is 11.7 Å². The number of hydrogen-bond acceptors (Lipinski definition) is 3. The van der Waals surface area contributed by atoms with Crippen LogP contribution in [0, 0.1) is 5.92 Å². The Morgan fingerprint density at radius 1 is 1.17 bits per heavy atom. The smallest absolute Gasteiger partial charge is 0.110 e. The van der Waals surface area contributed by atoms with Crippen molar-refractivity contribution < 1.29 is 0 Å². The largest absolute Gasteiger partial charge is 0.322 e. The van der Waals surface area contributed by atoms with Gasteiger partial charge in [0.15, 0.2) is 0 Å². The van der Waals surface area contributed by atoms with E-state index in [0.29, 0.717) is 5.92 Å². The molecule has 2 aromatic rings. The Balaban J connectivity index is 2.17. The van der Waals surface area contributed by atoms with Crippen molar-refractivity contribution in [3.05, 3.63) is 40.2 Å². The van der Waals surface area contributed by atoms with E-state index in [9.17, 15) is 0 Å². The van der Waals surface area contributed by atoms with E-state index in [1.807, 2.05) is 6.92 Å². The fourth-order valence-corrected chi connectivity index (χ4v) is 2.70. The predicted octanol–water partition coefficient (Wildman–Crippen LogP) is 4.03. The van der Waals surface area contributed by atoms with Gasteiger partial charge < -0.3 is 5.73 Å². The number of rotatable bonds is 4. The van der Waals surface area contributed by atoms with E-state index in [1.54, 1.807) is 11.3 Å². The number of aromatic nitrogens is 1. The van der Waals surface area contributed by atoms with Crippen LogP contribution in [0.25, 0.3) is 11.3 Å². The summed E-state index contributed by atoms with van der Waals surface area (Å²) in [5, 5.41) is 3.08. The molecule has 2 rings (SSSR count). The van der Waals surface area contributed by atoms with Crippen LogP contribution in [-0.4, -0.2) is 4.98 Å². The molecule has 0 fully saturated rings. The standard InChI is InChI=1S/C15H20N2S/c1-10(2)8-12-4-6-13(7-5-12)14-9-18-15(17-14)11(3)16/h4-7,9-11H,8,16H2,1-3H3. The van der Waals surface area contributed by atoms with Gasteiger partial charge in [-0.25, -0.2) is 4.98 Å². The molecule has 1 aromatic heterocycles. The molecule has 18 heavy (non-hydrogen) atoms. The van der Waals surface area contributed by atoms with Crippen molar-refractivity contribution in [1.82, 2.24) is 4.98 Å². The third-order valence-corrected chi connectivity index (χ3v) is 3.85. The Bertz CT molecular complexity index is 497. The van der Waals surface area contributed by atoms with E-state index in [-0.39, 0.29) is 6.04 Å². The second kappa shape index (κ2) is 5.63. The van der Waals surface area contributed by atoms with Gasteiger partial charge in [0.25, 0.3) is 0 Å². The average Bonchev–Trinajstić information content (AvgIpc) is 2.78. The molecule has 1 heterocycles. The summed E-state index contributed by atoms with van der Waals surface area (Å²) in [4.78, 5) is 4.56. The van der Waals surface area contributed by atoms with Crippen LogP contribution in [0.1, 0.15) is 37.4 Å². The first-order chi connectivity index (χ1) is 8.56. The van der Waals surface area contributed by atoms with E-state index in [0.717, 1.165) is 17.1 Å². The summed E-state index contributed by atoms with van der Waals surface area (Å²) in [5.74, 6) is 0.694. The molecule has 0 bridgehead atoms. The van der Waals surface area contributed by atoms with Gasteiger partial charge in [-0.15, -0.1) is 11.3 Å². The third kappa shape index (κ3) is 3.18. The number of benzene rings is 1. The lowest BCUT2D eigenvalue weighted by Crippen LogP contribution is -2.03. The molecule has 2 N–H and O–H groups in total. The minimum Gasteiger partial charge on any atom is -0.322 e. The first-order valence-corrected chi connectivity index (χ1v) is 7.24. The van der Waals surface area contributed by atoms with Crippen LogP contribution in [0.5, 0.6) is 0 Å². The molecule has 1 atom stereocenters. The first kappa shape index (κ1) is 13.2. The number of nitrogens with two attached hydrogens (primary N) is 1. The van der Waals surface area contributed by atoms with Gasteiger partial charge in [-0.3, -0.25) is 0 Å². The predicted molar refractivity (Wildman–Crippen MR) is 78.7 cm³/mol. The Morgan fingerprint density at radius 3 is 2.33 bits per heavy atom. The zero-order valence-corrected chi connectivity index (χ0v) is 12.0. The molecule has 0 aliphatic rings. The normalized spacial score (nSPS) is 12.9. The summed E-state index contributed by atoms with van der Waals surface area (Å²) in [7, 11) is 0. The highest BCUT2D eigenvalue weighted by atomic mass is 32.1. The topological polar surface area (TPSA) is 38.9 Å². The molecule has 2 nitrogen and oxygen atoms in total. The molecule has 0 spiro atoms. The zero-order valence-electron chi connectivity index (χ0n) is 11.2. The summed E-state index contributed by atoms with van der Waals surface area (Å²) >= 11 is 1.63. The van der Waals surface area contributed by atoms with Crippen LogP contribution in [0.15, 0.2) is 29.6 Å². The molecular weight excluding hydrogens is 240 g/mol. The second-order valence-corrected chi connectivity index (χ2v) is 6.04. The van der Waals surface area contributed by atoms with Crippen molar-refractivity contribution in [1.29, 1.82) is 0 Å². The summed E-state index contributed by atoms with van der Waals surface area (Å²) in [6.45, 7) is 6.45. The molecule has 0 aliphatic heterocycles. The molecule has 1 aromatic carbocycles. The zero-order chi connectivity index (χ0) is 13.1. The fourth-order valence-electron chi connectivity index (χ4n) is 1.91. The highest BCUT2D eigenvalue weighted by Crippen LogP contribution is 2.25. The molecule has 1 unspecified atom stereocenters. The van der Waals surface area contributed by atoms with Crippen LogP contribution < -0.4 is 5.73 Å². The SMILES string of the molecule is CC(C)Cc1ccc(-c2csc(C(C)N)n2)cc1. The molecule has 96 valence electrons. The molecule has 0 aliphatic carbocycles. The van der Waals surface area contributed by atoms with Crippen LogP contribution in [0.4, 0.5) is 0 Å². The molecular formula is C15H20N2S.